The highest BCUT2D eigenvalue weighted by Gasteiger charge is 2.28. The molecule has 15 heavy (non-hydrogen) atoms. The fraction of sp³-hybridized carbons (Fsp3) is 0.455. The van der Waals surface area contributed by atoms with Gasteiger partial charge in [-0.05, 0) is 25.0 Å². The normalized spacial score (nSPS) is 14.7. The van der Waals surface area contributed by atoms with Crippen molar-refractivity contribution in [2.75, 3.05) is 18.4 Å². The van der Waals surface area contributed by atoms with Crippen molar-refractivity contribution in [1.29, 1.82) is 0 Å². The minimum Gasteiger partial charge on any atom is -0.383 e. The third kappa shape index (κ3) is 3.23. The van der Waals surface area contributed by atoms with Crippen LogP contribution in [0.25, 0.3) is 0 Å². The summed E-state index contributed by atoms with van der Waals surface area (Å²) in [7, 11) is 0. The average Bonchev–Trinajstić information content (AvgIpc) is 3.09. The first-order valence-corrected chi connectivity index (χ1v) is 5.28. The van der Waals surface area contributed by atoms with Crippen LogP contribution in [0.5, 0.6) is 0 Å². The van der Waals surface area contributed by atoms with Crippen LogP contribution < -0.4 is 10.6 Å². The first kappa shape index (κ1) is 9.96. The Hall–Kier alpha value is -1.58. The summed E-state index contributed by atoms with van der Waals surface area (Å²) in [5.41, 5.74) is 1.03. The first-order chi connectivity index (χ1) is 7.36. The molecule has 0 bridgehead atoms. The molecule has 2 N–H and O–H groups in total. The van der Waals surface area contributed by atoms with Crippen LogP contribution in [-0.2, 0) is 4.79 Å². The van der Waals surface area contributed by atoms with Crippen molar-refractivity contribution in [3.05, 3.63) is 24.5 Å². The lowest BCUT2D eigenvalue weighted by Gasteiger charge is -2.06. The van der Waals surface area contributed by atoms with Gasteiger partial charge in [0, 0.05) is 37.1 Å². The number of rotatable bonds is 5. The molecule has 0 aliphatic heterocycles. The Labute approximate surface area is 89.1 Å². The van der Waals surface area contributed by atoms with Crippen LogP contribution >= 0.6 is 0 Å². The number of nitrogens with one attached hydrogen (secondary N) is 2. The molecule has 2 rings (SSSR count). The highest BCUT2D eigenvalue weighted by atomic mass is 16.2. The standard InChI is InChI=1S/C11H15N3O/c15-11(9-1-2-9)14-8-7-13-10-3-5-12-6-4-10/h3-6,9H,1-2,7-8H2,(H,12,13)(H,14,15). The summed E-state index contributed by atoms with van der Waals surface area (Å²) in [6.45, 7) is 1.43. The Bertz CT molecular complexity index is 322. The van der Waals surface area contributed by atoms with Crippen molar-refractivity contribution in [2.24, 2.45) is 5.92 Å². The number of carbonyl (C=O) groups excluding carboxylic acids is 1. The summed E-state index contributed by atoms with van der Waals surface area (Å²) < 4.78 is 0. The molecule has 0 atom stereocenters. The molecule has 1 aliphatic rings. The molecule has 0 aromatic carbocycles. The molecule has 0 saturated heterocycles. The largest absolute Gasteiger partial charge is 0.383 e. The van der Waals surface area contributed by atoms with Crippen LogP contribution in [0.15, 0.2) is 24.5 Å². The second-order valence-electron chi connectivity index (χ2n) is 3.73. The highest BCUT2D eigenvalue weighted by Crippen LogP contribution is 2.28. The number of aromatic nitrogens is 1. The number of anilines is 1. The number of amides is 1. The molecule has 1 amide bonds. The second kappa shape index (κ2) is 4.77. The number of hydrogen-bond acceptors (Lipinski definition) is 3. The second-order valence-corrected chi connectivity index (χ2v) is 3.73. The first-order valence-electron chi connectivity index (χ1n) is 5.28. The van der Waals surface area contributed by atoms with Gasteiger partial charge in [-0.2, -0.15) is 0 Å². The van der Waals surface area contributed by atoms with Crippen LogP contribution in [0, 0.1) is 5.92 Å². The van der Waals surface area contributed by atoms with Gasteiger partial charge >= 0.3 is 0 Å². The third-order valence-electron chi connectivity index (χ3n) is 2.38. The fourth-order valence-corrected chi connectivity index (χ4v) is 1.35. The summed E-state index contributed by atoms with van der Waals surface area (Å²) in [6, 6.07) is 3.81. The van der Waals surface area contributed by atoms with Gasteiger partial charge < -0.3 is 10.6 Å². The minimum absolute atomic E-state index is 0.200. The van der Waals surface area contributed by atoms with E-state index in [2.05, 4.69) is 15.6 Å². The van der Waals surface area contributed by atoms with E-state index >= 15 is 0 Å². The van der Waals surface area contributed by atoms with E-state index in [4.69, 9.17) is 0 Å². The number of pyridine rings is 1. The van der Waals surface area contributed by atoms with E-state index < -0.39 is 0 Å². The smallest absolute Gasteiger partial charge is 0.223 e. The number of carbonyl (C=O) groups is 1. The van der Waals surface area contributed by atoms with E-state index in [-0.39, 0.29) is 5.91 Å². The molecule has 0 spiro atoms. The Morgan fingerprint density at radius 3 is 2.73 bits per heavy atom. The molecule has 0 unspecified atom stereocenters. The van der Waals surface area contributed by atoms with Gasteiger partial charge in [0.25, 0.3) is 0 Å². The molecule has 1 saturated carbocycles. The molecule has 80 valence electrons. The molecule has 0 radical (unpaired) electrons. The van der Waals surface area contributed by atoms with Gasteiger partial charge in [-0.25, -0.2) is 0 Å². The van der Waals surface area contributed by atoms with Gasteiger partial charge in [-0.15, -0.1) is 0 Å². The molecule has 4 nitrogen and oxygen atoms in total. The topological polar surface area (TPSA) is 54.0 Å². The van der Waals surface area contributed by atoms with E-state index in [1.54, 1.807) is 12.4 Å². The zero-order valence-electron chi connectivity index (χ0n) is 8.57. The van der Waals surface area contributed by atoms with Gasteiger partial charge in [-0.1, -0.05) is 0 Å². The van der Waals surface area contributed by atoms with Crippen molar-refractivity contribution < 1.29 is 4.79 Å². The van der Waals surface area contributed by atoms with Crippen LogP contribution in [0.4, 0.5) is 5.69 Å². The number of hydrogen-bond donors (Lipinski definition) is 2. The summed E-state index contributed by atoms with van der Waals surface area (Å²) in [5.74, 6) is 0.498. The summed E-state index contributed by atoms with van der Waals surface area (Å²) in [6.07, 6.45) is 5.60. The SMILES string of the molecule is O=C(NCCNc1ccncc1)C1CC1. The van der Waals surface area contributed by atoms with Crippen LogP contribution in [-0.4, -0.2) is 24.0 Å². The fourth-order valence-electron chi connectivity index (χ4n) is 1.35. The summed E-state index contributed by atoms with van der Waals surface area (Å²) >= 11 is 0. The molecular weight excluding hydrogens is 190 g/mol. The predicted octanol–water partition coefficient (Wildman–Crippen LogP) is 1.02. The van der Waals surface area contributed by atoms with Gasteiger partial charge in [0.2, 0.25) is 5.91 Å². The Balaban J connectivity index is 1.60. The molecule has 1 aromatic rings. The van der Waals surface area contributed by atoms with Crippen molar-refractivity contribution in [1.82, 2.24) is 10.3 Å². The maximum Gasteiger partial charge on any atom is 0.223 e. The van der Waals surface area contributed by atoms with Crippen molar-refractivity contribution >= 4 is 11.6 Å². The van der Waals surface area contributed by atoms with E-state index in [1.807, 2.05) is 12.1 Å². The lowest BCUT2D eigenvalue weighted by Crippen LogP contribution is -2.29. The van der Waals surface area contributed by atoms with Gasteiger partial charge in [0.05, 0.1) is 0 Å². The molecular formula is C11H15N3O. The van der Waals surface area contributed by atoms with Gasteiger partial charge in [0.15, 0.2) is 0 Å². The van der Waals surface area contributed by atoms with E-state index in [0.29, 0.717) is 12.5 Å². The zero-order chi connectivity index (χ0) is 10.5. The van der Waals surface area contributed by atoms with Crippen molar-refractivity contribution in [2.45, 2.75) is 12.8 Å². The zero-order valence-corrected chi connectivity index (χ0v) is 8.57. The lowest BCUT2D eigenvalue weighted by atomic mass is 10.4. The van der Waals surface area contributed by atoms with Crippen LogP contribution in [0.1, 0.15) is 12.8 Å². The summed E-state index contributed by atoms with van der Waals surface area (Å²) in [5, 5.41) is 6.10. The van der Waals surface area contributed by atoms with E-state index in [9.17, 15) is 4.79 Å². The predicted molar refractivity (Wildman–Crippen MR) is 58.5 cm³/mol. The maximum absolute atomic E-state index is 11.3. The highest BCUT2D eigenvalue weighted by molar-refractivity contribution is 5.80. The Morgan fingerprint density at radius 1 is 1.33 bits per heavy atom. The van der Waals surface area contributed by atoms with E-state index in [1.165, 1.54) is 0 Å². The lowest BCUT2D eigenvalue weighted by molar-refractivity contribution is -0.122. The quantitative estimate of drug-likeness (QED) is 0.706. The van der Waals surface area contributed by atoms with Gasteiger partial charge in [0.1, 0.15) is 0 Å². The third-order valence-corrected chi connectivity index (χ3v) is 2.38. The molecule has 4 heteroatoms. The minimum atomic E-state index is 0.200. The Kier molecular flexibility index (Phi) is 3.17. The van der Waals surface area contributed by atoms with Crippen LogP contribution in [0.2, 0.25) is 0 Å². The number of nitrogens with zero attached hydrogens (tertiary/aromatic N) is 1. The molecule has 1 aliphatic carbocycles. The van der Waals surface area contributed by atoms with Crippen molar-refractivity contribution in [3.8, 4) is 0 Å². The van der Waals surface area contributed by atoms with E-state index in [0.717, 1.165) is 25.1 Å². The Morgan fingerprint density at radius 2 is 2.07 bits per heavy atom. The monoisotopic (exact) mass is 205 g/mol. The van der Waals surface area contributed by atoms with Gasteiger partial charge in [-0.3, -0.25) is 9.78 Å². The van der Waals surface area contributed by atoms with Crippen molar-refractivity contribution in [3.63, 3.8) is 0 Å². The molecule has 1 aromatic heterocycles. The van der Waals surface area contributed by atoms with Crippen LogP contribution in [0.3, 0.4) is 0 Å². The maximum atomic E-state index is 11.3. The summed E-state index contributed by atoms with van der Waals surface area (Å²) in [4.78, 5) is 15.2. The molecule has 1 heterocycles. The average molecular weight is 205 g/mol. The molecule has 1 fully saturated rings.